The van der Waals surface area contributed by atoms with Crippen LogP contribution in [0, 0.1) is 6.92 Å². The van der Waals surface area contributed by atoms with Crippen molar-refractivity contribution in [3.8, 4) is 10.6 Å². The fourth-order valence-electron chi connectivity index (χ4n) is 1.45. The molecular formula is C12H14N2O2S2. The molecule has 1 atom stereocenters. The van der Waals surface area contributed by atoms with Gasteiger partial charge in [0.1, 0.15) is 9.88 Å². The van der Waals surface area contributed by atoms with Gasteiger partial charge in [-0.15, -0.1) is 11.3 Å². The molecule has 2 rings (SSSR count). The quantitative estimate of drug-likeness (QED) is 0.904. The Morgan fingerprint density at radius 2 is 2.39 bits per heavy atom. The fraction of sp³-hybridized carbons (Fsp3) is 0.333. The first-order valence-electron chi connectivity index (χ1n) is 5.53. The van der Waals surface area contributed by atoms with Gasteiger partial charge in [-0.05, 0) is 25.3 Å². The molecule has 0 unspecified atom stereocenters. The molecule has 18 heavy (non-hydrogen) atoms. The van der Waals surface area contributed by atoms with E-state index in [-0.39, 0.29) is 18.6 Å². The van der Waals surface area contributed by atoms with Crippen molar-refractivity contribution in [3.05, 3.63) is 27.4 Å². The summed E-state index contributed by atoms with van der Waals surface area (Å²) in [6.07, 6.45) is 0. The van der Waals surface area contributed by atoms with E-state index >= 15 is 0 Å². The average molecular weight is 282 g/mol. The first kappa shape index (κ1) is 13.2. The van der Waals surface area contributed by atoms with E-state index < -0.39 is 0 Å². The molecule has 2 N–H and O–H groups in total. The first-order chi connectivity index (χ1) is 8.61. The molecule has 0 aliphatic rings. The van der Waals surface area contributed by atoms with Crippen LogP contribution >= 0.6 is 22.7 Å². The minimum Gasteiger partial charge on any atom is -0.394 e. The van der Waals surface area contributed by atoms with Crippen molar-refractivity contribution in [3.63, 3.8) is 0 Å². The van der Waals surface area contributed by atoms with Crippen LogP contribution in [0.25, 0.3) is 10.6 Å². The van der Waals surface area contributed by atoms with Crippen LogP contribution in [0.15, 0.2) is 16.8 Å². The first-order valence-corrected chi connectivity index (χ1v) is 7.29. The number of rotatable bonds is 4. The van der Waals surface area contributed by atoms with E-state index in [9.17, 15) is 4.79 Å². The largest absolute Gasteiger partial charge is 0.394 e. The number of nitrogens with one attached hydrogen (secondary N) is 1. The van der Waals surface area contributed by atoms with Crippen LogP contribution in [-0.2, 0) is 0 Å². The van der Waals surface area contributed by atoms with Crippen LogP contribution < -0.4 is 5.32 Å². The number of amides is 1. The van der Waals surface area contributed by atoms with E-state index in [1.165, 1.54) is 11.3 Å². The topological polar surface area (TPSA) is 62.2 Å². The number of carbonyl (C=O) groups excluding carboxylic acids is 1. The van der Waals surface area contributed by atoms with Crippen molar-refractivity contribution in [1.82, 2.24) is 10.3 Å². The van der Waals surface area contributed by atoms with E-state index in [1.54, 1.807) is 18.3 Å². The van der Waals surface area contributed by atoms with Crippen molar-refractivity contribution >= 4 is 28.6 Å². The number of hydrogen-bond acceptors (Lipinski definition) is 5. The molecule has 96 valence electrons. The Morgan fingerprint density at radius 1 is 1.61 bits per heavy atom. The Kier molecular flexibility index (Phi) is 4.11. The Balaban J connectivity index is 2.22. The number of aliphatic hydroxyl groups is 1. The highest BCUT2D eigenvalue weighted by Gasteiger charge is 2.17. The monoisotopic (exact) mass is 282 g/mol. The van der Waals surface area contributed by atoms with Crippen LogP contribution in [0.1, 0.15) is 22.3 Å². The van der Waals surface area contributed by atoms with Gasteiger partial charge >= 0.3 is 0 Å². The van der Waals surface area contributed by atoms with Gasteiger partial charge in [-0.2, -0.15) is 11.3 Å². The highest BCUT2D eigenvalue weighted by Crippen LogP contribution is 2.29. The number of thiazole rings is 1. The van der Waals surface area contributed by atoms with E-state index in [0.717, 1.165) is 16.3 Å². The second kappa shape index (κ2) is 5.60. The maximum atomic E-state index is 12.0. The summed E-state index contributed by atoms with van der Waals surface area (Å²) in [5, 5.41) is 16.5. The highest BCUT2D eigenvalue weighted by atomic mass is 32.1. The Labute approximate surface area is 113 Å². The van der Waals surface area contributed by atoms with Gasteiger partial charge in [-0.3, -0.25) is 4.79 Å². The average Bonchev–Trinajstić information content (AvgIpc) is 2.97. The maximum absolute atomic E-state index is 12.0. The highest BCUT2D eigenvalue weighted by molar-refractivity contribution is 7.17. The van der Waals surface area contributed by atoms with Gasteiger partial charge < -0.3 is 10.4 Å². The second-order valence-electron chi connectivity index (χ2n) is 4.00. The van der Waals surface area contributed by atoms with Gasteiger partial charge in [0, 0.05) is 17.0 Å². The summed E-state index contributed by atoms with van der Waals surface area (Å²) in [6, 6.07) is 1.74. The molecule has 0 aliphatic carbocycles. The summed E-state index contributed by atoms with van der Waals surface area (Å²) in [6.45, 7) is 3.51. The molecule has 0 aliphatic heterocycles. The summed E-state index contributed by atoms with van der Waals surface area (Å²) in [7, 11) is 0. The van der Waals surface area contributed by atoms with E-state index in [2.05, 4.69) is 10.3 Å². The van der Waals surface area contributed by atoms with Crippen molar-refractivity contribution < 1.29 is 9.90 Å². The van der Waals surface area contributed by atoms with Crippen LogP contribution in [-0.4, -0.2) is 28.6 Å². The molecule has 0 saturated carbocycles. The van der Waals surface area contributed by atoms with E-state index in [1.807, 2.05) is 23.8 Å². The molecular weight excluding hydrogens is 268 g/mol. The lowest BCUT2D eigenvalue weighted by molar-refractivity contribution is 0.0925. The van der Waals surface area contributed by atoms with Gasteiger partial charge in [-0.1, -0.05) is 0 Å². The standard InChI is InChI=1S/C12H14N2O2S2/c1-7(5-15)13-11(16)10-8(2)14-12(18-10)9-3-4-17-6-9/h3-4,6-7,15H,5H2,1-2H3,(H,13,16)/t7-/m0/s1. The number of aliphatic hydroxyl groups excluding tert-OH is 1. The summed E-state index contributed by atoms with van der Waals surface area (Å²) in [5.41, 5.74) is 1.77. The summed E-state index contributed by atoms with van der Waals surface area (Å²) < 4.78 is 0. The number of carbonyl (C=O) groups is 1. The Morgan fingerprint density at radius 3 is 3.00 bits per heavy atom. The molecule has 2 aromatic rings. The van der Waals surface area contributed by atoms with Crippen molar-refractivity contribution in [2.75, 3.05) is 6.61 Å². The van der Waals surface area contributed by atoms with Crippen LogP contribution in [0.4, 0.5) is 0 Å². The Hall–Kier alpha value is -1.24. The predicted octanol–water partition coefficient (Wildman–Crippen LogP) is 2.29. The molecule has 4 nitrogen and oxygen atoms in total. The van der Waals surface area contributed by atoms with Gasteiger partial charge in [0.25, 0.3) is 5.91 Å². The predicted molar refractivity (Wildman–Crippen MR) is 74.2 cm³/mol. The summed E-state index contributed by atoms with van der Waals surface area (Å²) in [5.74, 6) is -0.173. The van der Waals surface area contributed by atoms with Crippen molar-refractivity contribution in [2.45, 2.75) is 19.9 Å². The van der Waals surface area contributed by atoms with Crippen LogP contribution in [0.2, 0.25) is 0 Å². The smallest absolute Gasteiger partial charge is 0.263 e. The molecule has 0 fully saturated rings. The third-order valence-electron chi connectivity index (χ3n) is 2.42. The lowest BCUT2D eigenvalue weighted by Gasteiger charge is -2.09. The van der Waals surface area contributed by atoms with Crippen molar-refractivity contribution in [1.29, 1.82) is 0 Å². The van der Waals surface area contributed by atoms with E-state index in [4.69, 9.17) is 5.11 Å². The molecule has 0 bridgehead atoms. The molecule has 0 radical (unpaired) electrons. The lowest BCUT2D eigenvalue weighted by Crippen LogP contribution is -2.34. The summed E-state index contributed by atoms with van der Waals surface area (Å²) >= 11 is 2.98. The number of thiophene rings is 1. The van der Waals surface area contributed by atoms with Crippen LogP contribution in [0.5, 0.6) is 0 Å². The zero-order valence-corrected chi connectivity index (χ0v) is 11.8. The maximum Gasteiger partial charge on any atom is 0.263 e. The second-order valence-corrected chi connectivity index (χ2v) is 5.78. The molecule has 0 saturated heterocycles. The molecule has 0 spiro atoms. The summed E-state index contributed by atoms with van der Waals surface area (Å²) in [4.78, 5) is 17.0. The number of aromatic nitrogens is 1. The number of nitrogens with zero attached hydrogens (tertiary/aromatic N) is 1. The van der Waals surface area contributed by atoms with Crippen LogP contribution in [0.3, 0.4) is 0 Å². The minimum absolute atomic E-state index is 0.0685. The third kappa shape index (κ3) is 2.77. The number of aryl methyl sites for hydroxylation is 1. The fourth-order valence-corrected chi connectivity index (χ4v) is 3.13. The zero-order valence-electron chi connectivity index (χ0n) is 10.1. The number of hydrogen-bond donors (Lipinski definition) is 2. The molecule has 0 aromatic carbocycles. The SMILES string of the molecule is Cc1nc(-c2ccsc2)sc1C(=O)N[C@@H](C)CO. The minimum atomic E-state index is -0.247. The van der Waals surface area contributed by atoms with Gasteiger partial charge in [0.15, 0.2) is 0 Å². The third-order valence-corrected chi connectivity index (χ3v) is 4.31. The zero-order chi connectivity index (χ0) is 13.1. The molecule has 6 heteroatoms. The molecule has 2 heterocycles. The molecule has 2 aromatic heterocycles. The lowest BCUT2D eigenvalue weighted by atomic mass is 10.3. The van der Waals surface area contributed by atoms with Gasteiger partial charge in [0.05, 0.1) is 12.3 Å². The normalized spacial score (nSPS) is 12.4. The van der Waals surface area contributed by atoms with E-state index in [0.29, 0.717) is 4.88 Å². The Bertz CT molecular complexity index is 534. The van der Waals surface area contributed by atoms with Gasteiger partial charge in [-0.25, -0.2) is 4.98 Å². The van der Waals surface area contributed by atoms with Gasteiger partial charge in [0.2, 0.25) is 0 Å². The van der Waals surface area contributed by atoms with Crippen molar-refractivity contribution in [2.24, 2.45) is 0 Å². The molecule has 1 amide bonds.